The lowest BCUT2D eigenvalue weighted by atomic mass is 10.1. The van der Waals surface area contributed by atoms with Gasteiger partial charge in [-0.25, -0.2) is 8.93 Å². The number of hydrogen-bond donors (Lipinski definition) is 2. The first-order valence-electron chi connectivity index (χ1n) is 8.81. The summed E-state index contributed by atoms with van der Waals surface area (Å²) in [5, 5.41) is 9.23. The first-order valence-corrected chi connectivity index (χ1v) is 10.0. The van der Waals surface area contributed by atoms with Gasteiger partial charge in [-0.3, -0.25) is 0 Å². The zero-order valence-electron chi connectivity index (χ0n) is 15.2. The molecule has 0 radical (unpaired) electrons. The van der Waals surface area contributed by atoms with Crippen LogP contribution in [0.15, 0.2) is 30.6 Å². The lowest BCUT2D eigenvalue weighted by molar-refractivity contribution is -0.138. The highest BCUT2D eigenvalue weighted by Crippen LogP contribution is 2.33. The second kappa shape index (κ2) is 7.77. The molecule has 1 unspecified atom stereocenters. The molecule has 148 valence electrons. The maximum absolute atomic E-state index is 13.0. The number of aliphatic hydroxyl groups excluding tert-OH is 1. The van der Waals surface area contributed by atoms with E-state index in [0.29, 0.717) is 6.54 Å². The Morgan fingerprint density at radius 3 is 2.56 bits per heavy atom. The molecule has 3 rings (SSSR count). The third-order valence-electron chi connectivity index (χ3n) is 4.72. The summed E-state index contributed by atoms with van der Waals surface area (Å²) in [6.07, 6.45) is -0.555. The lowest BCUT2D eigenvalue weighted by Gasteiger charge is -2.13. The van der Waals surface area contributed by atoms with Crippen LogP contribution in [0.25, 0.3) is 0 Å². The zero-order chi connectivity index (χ0) is 19.8. The standard InChI is InChI=1S/C19H23F3N2O2S/c1-12(2)27(26)23-17-6-14-4-3-13(5-15(14)7-17)8-24-9-16(11-25)18(10-24)19(20,21)22/h3-5,9-10,12,17,23,25H,6-8,11H2,1-2H3/t17-,27?/m0/s1. The van der Waals surface area contributed by atoms with E-state index in [-0.39, 0.29) is 16.9 Å². The molecular formula is C19H23F3N2O2S. The number of aromatic nitrogens is 1. The van der Waals surface area contributed by atoms with Crippen LogP contribution in [-0.2, 0) is 43.2 Å². The molecule has 2 N–H and O–H groups in total. The molecule has 0 saturated heterocycles. The van der Waals surface area contributed by atoms with Crippen LogP contribution in [0.5, 0.6) is 0 Å². The zero-order valence-corrected chi connectivity index (χ0v) is 16.0. The molecule has 1 aromatic carbocycles. The van der Waals surface area contributed by atoms with E-state index in [9.17, 15) is 22.5 Å². The van der Waals surface area contributed by atoms with Gasteiger partial charge in [0.2, 0.25) is 0 Å². The van der Waals surface area contributed by atoms with Gasteiger partial charge in [-0.1, -0.05) is 18.2 Å². The Balaban J connectivity index is 1.73. The van der Waals surface area contributed by atoms with Gasteiger partial charge in [-0.2, -0.15) is 13.2 Å². The van der Waals surface area contributed by atoms with Crippen molar-refractivity contribution in [1.82, 2.24) is 9.29 Å². The van der Waals surface area contributed by atoms with Crippen LogP contribution in [-0.4, -0.2) is 25.2 Å². The van der Waals surface area contributed by atoms with E-state index in [2.05, 4.69) is 4.72 Å². The first-order chi connectivity index (χ1) is 12.7. The topological polar surface area (TPSA) is 54.3 Å². The van der Waals surface area contributed by atoms with E-state index in [1.54, 1.807) is 0 Å². The molecular weight excluding hydrogens is 377 g/mol. The number of alkyl halides is 3. The Labute approximate surface area is 159 Å². The summed E-state index contributed by atoms with van der Waals surface area (Å²) in [6, 6.07) is 6.02. The summed E-state index contributed by atoms with van der Waals surface area (Å²) < 4.78 is 55.6. The summed E-state index contributed by atoms with van der Waals surface area (Å²) in [6.45, 7) is 3.45. The number of fused-ring (bicyclic) bond motifs is 1. The minimum absolute atomic E-state index is 0.0431. The fourth-order valence-electron chi connectivity index (χ4n) is 3.39. The van der Waals surface area contributed by atoms with Crippen molar-refractivity contribution in [3.8, 4) is 0 Å². The predicted molar refractivity (Wildman–Crippen MR) is 98.5 cm³/mol. The van der Waals surface area contributed by atoms with Gasteiger partial charge in [-0.15, -0.1) is 0 Å². The molecule has 1 aromatic heterocycles. The monoisotopic (exact) mass is 400 g/mol. The van der Waals surface area contributed by atoms with Gasteiger partial charge >= 0.3 is 6.18 Å². The van der Waals surface area contributed by atoms with Crippen molar-refractivity contribution >= 4 is 11.0 Å². The molecule has 1 aliphatic rings. The Kier molecular flexibility index (Phi) is 5.79. The second-order valence-electron chi connectivity index (χ2n) is 7.20. The van der Waals surface area contributed by atoms with Gasteiger partial charge < -0.3 is 9.67 Å². The second-order valence-corrected chi connectivity index (χ2v) is 8.97. The molecule has 8 heteroatoms. The lowest BCUT2D eigenvalue weighted by Crippen LogP contribution is -2.34. The van der Waals surface area contributed by atoms with Crippen molar-refractivity contribution in [2.75, 3.05) is 0 Å². The Bertz CT molecular complexity index is 846. The normalized spacial score (nSPS) is 18.1. The Hall–Kier alpha value is -1.64. The summed E-state index contributed by atoms with van der Waals surface area (Å²) in [4.78, 5) is 0. The number of benzene rings is 1. The van der Waals surface area contributed by atoms with Crippen molar-refractivity contribution in [2.45, 2.75) is 57.3 Å². The van der Waals surface area contributed by atoms with Crippen LogP contribution >= 0.6 is 0 Å². The van der Waals surface area contributed by atoms with E-state index < -0.39 is 29.3 Å². The van der Waals surface area contributed by atoms with E-state index in [0.717, 1.165) is 30.2 Å². The van der Waals surface area contributed by atoms with Crippen LogP contribution in [0, 0.1) is 0 Å². The number of hydrogen-bond acceptors (Lipinski definition) is 2. The number of aliphatic hydroxyl groups is 1. The Morgan fingerprint density at radius 1 is 1.26 bits per heavy atom. The highest BCUT2D eigenvalue weighted by atomic mass is 32.2. The third-order valence-corrected chi connectivity index (χ3v) is 6.14. The van der Waals surface area contributed by atoms with Crippen molar-refractivity contribution < 1.29 is 22.5 Å². The van der Waals surface area contributed by atoms with Crippen LogP contribution < -0.4 is 4.72 Å². The van der Waals surface area contributed by atoms with Gasteiger partial charge in [-0.05, 0) is 43.4 Å². The summed E-state index contributed by atoms with van der Waals surface area (Å²) in [7, 11) is -1.08. The number of nitrogens with zero attached hydrogens (tertiary/aromatic N) is 1. The van der Waals surface area contributed by atoms with Gasteiger partial charge in [0.15, 0.2) is 0 Å². The van der Waals surface area contributed by atoms with Crippen molar-refractivity contribution in [1.29, 1.82) is 0 Å². The number of nitrogens with one attached hydrogen (secondary N) is 1. The summed E-state index contributed by atoms with van der Waals surface area (Å²) >= 11 is 0. The van der Waals surface area contributed by atoms with Crippen LogP contribution in [0.2, 0.25) is 0 Å². The van der Waals surface area contributed by atoms with Crippen LogP contribution in [0.1, 0.15) is 41.7 Å². The van der Waals surface area contributed by atoms with Crippen LogP contribution in [0.3, 0.4) is 0 Å². The third kappa shape index (κ3) is 4.62. The largest absolute Gasteiger partial charge is 0.418 e. The van der Waals surface area contributed by atoms with E-state index in [1.165, 1.54) is 16.3 Å². The highest BCUT2D eigenvalue weighted by Gasteiger charge is 2.34. The Morgan fingerprint density at radius 2 is 1.96 bits per heavy atom. The predicted octanol–water partition coefficient (Wildman–Crippen LogP) is 3.18. The van der Waals surface area contributed by atoms with Gasteiger partial charge in [0.25, 0.3) is 0 Å². The molecule has 2 aromatic rings. The van der Waals surface area contributed by atoms with Crippen molar-refractivity contribution in [3.63, 3.8) is 0 Å². The van der Waals surface area contributed by atoms with Gasteiger partial charge in [0.1, 0.15) is 0 Å². The molecule has 27 heavy (non-hydrogen) atoms. The molecule has 2 atom stereocenters. The molecule has 0 saturated carbocycles. The van der Waals surface area contributed by atoms with Crippen molar-refractivity contribution in [3.05, 3.63) is 58.4 Å². The van der Waals surface area contributed by atoms with Gasteiger partial charge in [0.05, 0.1) is 23.2 Å². The first kappa shape index (κ1) is 20.1. The minimum Gasteiger partial charge on any atom is -0.392 e. The molecule has 0 spiro atoms. The molecule has 0 aliphatic heterocycles. The van der Waals surface area contributed by atoms with E-state index >= 15 is 0 Å². The van der Waals surface area contributed by atoms with E-state index in [4.69, 9.17) is 0 Å². The molecule has 0 fully saturated rings. The number of halogens is 3. The summed E-state index contributed by atoms with van der Waals surface area (Å²) in [5.74, 6) is 0. The molecule has 1 heterocycles. The van der Waals surface area contributed by atoms with Crippen molar-refractivity contribution in [2.24, 2.45) is 0 Å². The maximum Gasteiger partial charge on any atom is 0.418 e. The van der Waals surface area contributed by atoms with Gasteiger partial charge in [0, 0.05) is 35.8 Å². The molecule has 4 nitrogen and oxygen atoms in total. The molecule has 0 amide bonds. The fourth-order valence-corrected chi connectivity index (χ4v) is 4.16. The smallest absolute Gasteiger partial charge is 0.392 e. The minimum atomic E-state index is -4.48. The number of rotatable bonds is 6. The maximum atomic E-state index is 13.0. The fraction of sp³-hybridized carbons (Fsp3) is 0.474. The van der Waals surface area contributed by atoms with Crippen LogP contribution in [0.4, 0.5) is 13.2 Å². The average Bonchev–Trinajstić information content (AvgIpc) is 3.17. The quantitative estimate of drug-likeness (QED) is 0.783. The molecule has 1 aliphatic carbocycles. The average molecular weight is 400 g/mol. The summed E-state index contributed by atoms with van der Waals surface area (Å²) in [5.41, 5.74) is 2.29. The SMILES string of the molecule is CC(C)S(=O)N[C@H]1Cc2ccc(Cn3cc(CO)c(C(F)(F)F)c3)cc2C1. The molecule has 0 bridgehead atoms. The van der Waals surface area contributed by atoms with E-state index in [1.807, 2.05) is 32.0 Å². The highest BCUT2D eigenvalue weighted by molar-refractivity contribution is 7.83.